The molecule has 0 saturated carbocycles. The molecule has 1 atom stereocenters. The summed E-state index contributed by atoms with van der Waals surface area (Å²) in [6.07, 6.45) is -4.13. The highest BCUT2D eigenvalue weighted by Gasteiger charge is 2.31. The fraction of sp³-hybridized carbons (Fsp3) is 0.238. The van der Waals surface area contributed by atoms with Crippen molar-refractivity contribution < 1.29 is 22.7 Å². The van der Waals surface area contributed by atoms with Gasteiger partial charge in [-0.3, -0.25) is 4.79 Å². The van der Waals surface area contributed by atoms with Crippen molar-refractivity contribution in [2.75, 3.05) is 18.9 Å². The molecule has 4 aromatic rings. The lowest BCUT2D eigenvalue weighted by molar-refractivity contribution is -0.274. The molecule has 0 spiro atoms. The van der Waals surface area contributed by atoms with Crippen molar-refractivity contribution in [3.8, 4) is 17.1 Å². The summed E-state index contributed by atoms with van der Waals surface area (Å²) in [6, 6.07) is 12.3. The summed E-state index contributed by atoms with van der Waals surface area (Å²) in [5.74, 6) is 0.305. The van der Waals surface area contributed by atoms with Crippen molar-refractivity contribution in [2.45, 2.75) is 18.8 Å². The van der Waals surface area contributed by atoms with Gasteiger partial charge in [0, 0.05) is 24.5 Å². The van der Waals surface area contributed by atoms with E-state index in [1.807, 2.05) is 24.3 Å². The molecule has 5 rings (SSSR count). The molecule has 11 heteroatoms. The quantitative estimate of drug-likeness (QED) is 0.521. The van der Waals surface area contributed by atoms with Gasteiger partial charge in [0.1, 0.15) is 11.8 Å². The predicted molar refractivity (Wildman–Crippen MR) is 110 cm³/mol. The smallest absolute Gasteiger partial charge is 0.406 e. The zero-order chi connectivity index (χ0) is 22.5. The maximum absolute atomic E-state index is 12.4. The van der Waals surface area contributed by atoms with E-state index in [2.05, 4.69) is 25.1 Å². The lowest BCUT2D eigenvalue weighted by atomic mass is 10.2. The number of amides is 1. The number of carbonyl (C=O) groups excluding carboxylic acids is 1. The number of anilines is 1. The third-order valence-electron chi connectivity index (χ3n) is 5.26. The minimum Gasteiger partial charge on any atom is -0.406 e. The molecule has 1 fully saturated rings. The van der Waals surface area contributed by atoms with Gasteiger partial charge in [-0.05, 0) is 42.8 Å². The van der Waals surface area contributed by atoms with Crippen molar-refractivity contribution in [3.63, 3.8) is 0 Å². The first-order valence-corrected chi connectivity index (χ1v) is 9.82. The third kappa shape index (κ3) is 3.66. The molecule has 1 aliphatic heterocycles. The molecule has 3 heterocycles. The van der Waals surface area contributed by atoms with Crippen molar-refractivity contribution in [2.24, 2.45) is 0 Å². The number of benzene rings is 2. The minimum absolute atomic E-state index is 0.0336. The molecule has 1 aliphatic rings. The monoisotopic (exact) mass is 442 g/mol. The topological polar surface area (TPSA) is 84.7 Å². The Labute approximate surface area is 179 Å². The number of ether oxygens (including phenoxy) is 1. The van der Waals surface area contributed by atoms with Gasteiger partial charge in [0.05, 0.1) is 5.52 Å². The number of likely N-dealkylation sites (tertiary alicyclic amines) is 1. The molecule has 8 nitrogen and oxygen atoms in total. The Bertz CT molecular complexity index is 1320. The van der Waals surface area contributed by atoms with E-state index in [1.54, 1.807) is 11.9 Å². The summed E-state index contributed by atoms with van der Waals surface area (Å²) >= 11 is 0. The number of para-hydroxylation sites is 1. The van der Waals surface area contributed by atoms with Gasteiger partial charge in [0.25, 0.3) is 0 Å². The zero-order valence-electron chi connectivity index (χ0n) is 16.8. The maximum atomic E-state index is 12.4. The molecule has 1 saturated heterocycles. The molecule has 1 N–H and O–H groups in total. The molecule has 0 radical (unpaired) electrons. The van der Waals surface area contributed by atoms with Gasteiger partial charge in [-0.1, -0.05) is 12.1 Å². The Morgan fingerprint density at radius 2 is 1.84 bits per heavy atom. The van der Waals surface area contributed by atoms with E-state index >= 15 is 0 Å². The highest BCUT2D eigenvalue weighted by atomic mass is 19.4. The predicted octanol–water partition coefficient (Wildman–Crippen LogP) is 3.49. The number of aromatic nitrogens is 4. The van der Waals surface area contributed by atoms with Crippen LogP contribution in [0.5, 0.6) is 5.75 Å². The highest BCUT2D eigenvalue weighted by Crippen LogP contribution is 2.28. The van der Waals surface area contributed by atoms with E-state index in [1.165, 1.54) is 28.8 Å². The number of hydrogen-bond donors (Lipinski definition) is 1. The average Bonchev–Trinajstić information content (AvgIpc) is 3.33. The summed E-state index contributed by atoms with van der Waals surface area (Å²) in [4.78, 5) is 23.2. The van der Waals surface area contributed by atoms with Crippen LogP contribution in [-0.2, 0) is 4.79 Å². The van der Waals surface area contributed by atoms with Crippen LogP contribution in [0.4, 0.5) is 19.1 Å². The van der Waals surface area contributed by atoms with E-state index < -0.39 is 12.4 Å². The second kappa shape index (κ2) is 7.36. The molecule has 2 aromatic carbocycles. The molecule has 0 unspecified atom stereocenters. The minimum atomic E-state index is -4.76. The summed E-state index contributed by atoms with van der Waals surface area (Å²) in [5, 5.41) is 8.44. The Hall–Kier alpha value is -3.89. The van der Waals surface area contributed by atoms with Crippen molar-refractivity contribution in [1.29, 1.82) is 0 Å². The first-order chi connectivity index (χ1) is 15.3. The number of hydrogen-bond acceptors (Lipinski definition) is 6. The number of rotatable bonds is 4. The molecule has 1 amide bonds. The van der Waals surface area contributed by atoms with E-state index in [-0.39, 0.29) is 11.7 Å². The largest absolute Gasteiger partial charge is 0.573 e. The molecule has 2 aromatic heterocycles. The number of nitrogens with one attached hydrogen (secondary N) is 1. The van der Waals surface area contributed by atoms with Crippen LogP contribution in [0.25, 0.3) is 27.9 Å². The van der Waals surface area contributed by atoms with Gasteiger partial charge in [-0.15, -0.1) is 18.3 Å². The van der Waals surface area contributed by atoms with Crippen LogP contribution in [0, 0.1) is 0 Å². The van der Waals surface area contributed by atoms with Gasteiger partial charge in [0.15, 0.2) is 11.5 Å². The summed E-state index contributed by atoms with van der Waals surface area (Å²) < 4.78 is 42.7. The van der Waals surface area contributed by atoms with Crippen LogP contribution in [0.3, 0.4) is 0 Å². The number of alkyl halides is 3. The van der Waals surface area contributed by atoms with Gasteiger partial charge < -0.3 is 15.0 Å². The maximum Gasteiger partial charge on any atom is 0.573 e. The number of nitrogens with zero attached hydrogens (tertiary/aromatic N) is 5. The third-order valence-corrected chi connectivity index (χ3v) is 5.26. The number of carbonyl (C=O) groups is 1. The summed E-state index contributed by atoms with van der Waals surface area (Å²) in [7, 11) is 1.74. The second-order valence-electron chi connectivity index (χ2n) is 7.44. The standard InChI is InChI=1S/C21H17F3N6O2/c1-29-11-10-16(19(29)31)26-20-25-15-5-3-2-4-14(15)18-27-17(28-30(18)20)12-6-8-13(9-7-12)32-21(22,23)24/h2-9,16H,10-11H2,1H3,(H,25,26)/t16-/m1/s1. The molecule has 164 valence electrons. The first kappa shape index (κ1) is 20.0. The first-order valence-electron chi connectivity index (χ1n) is 9.82. The van der Waals surface area contributed by atoms with Crippen LogP contribution in [0.2, 0.25) is 0 Å². The highest BCUT2D eigenvalue weighted by molar-refractivity contribution is 5.93. The van der Waals surface area contributed by atoms with Crippen LogP contribution in [0.15, 0.2) is 48.5 Å². The molecular formula is C21H17F3N6O2. The van der Waals surface area contributed by atoms with E-state index in [9.17, 15) is 18.0 Å². The number of fused-ring (bicyclic) bond motifs is 3. The van der Waals surface area contributed by atoms with Crippen LogP contribution >= 0.6 is 0 Å². The zero-order valence-corrected chi connectivity index (χ0v) is 16.8. The van der Waals surface area contributed by atoms with Gasteiger partial charge in [0.2, 0.25) is 11.9 Å². The van der Waals surface area contributed by atoms with E-state index in [4.69, 9.17) is 0 Å². The van der Waals surface area contributed by atoms with Crippen LogP contribution < -0.4 is 10.1 Å². The Kier molecular flexibility index (Phi) is 4.61. The van der Waals surface area contributed by atoms with Crippen molar-refractivity contribution >= 4 is 28.4 Å². The average molecular weight is 442 g/mol. The fourth-order valence-corrected chi connectivity index (χ4v) is 3.69. The normalized spacial score (nSPS) is 16.8. The lowest BCUT2D eigenvalue weighted by Crippen LogP contribution is -2.32. The van der Waals surface area contributed by atoms with Gasteiger partial charge in [-0.25, -0.2) is 9.97 Å². The van der Waals surface area contributed by atoms with Gasteiger partial charge >= 0.3 is 6.36 Å². The molecule has 32 heavy (non-hydrogen) atoms. The lowest BCUT2D eigenvalue weighted by Gasteiger charge is -2.14. The summed E-state index contributed by atoms with van der Waals surface area (Å²) in [6.45, 7) is 0.641. The van der Waals surface area contributed by atoms with Crippen LogP contribution in [0.1, 0.15) is 6.42 Å². The Morgan fingerprint density at radius 3 is 2.53 bits per heavy atom. The summed E-state index contributed by atoms with van der Waals surface area (Å²) in [5.41, 5.74) is 1.70. The Balaban J connectivity index is 1.57. The second-order valence-corrected chi connectivity index (χ2v) is 7.44. The number of likely N-dealkylation sites (N-methyl/N-ethyl adjacent to an activating group) is 1. The van der Waals surface area contributed by atoms with E-state index in [0.717, 1.165) is 5.39 Å². The van der Waals surface area contributed by atoms with Crippen molar-refractivity contribution in [1.82, 2.24) is 24.5 Å². The van der Waals surface area contributed by atoms with Crippen molar-refractivity contribution in [3.05, 3.63) is 48.5 Å². The number of halogens is 3. The fourth-order valence-electron chi connectivity index (χ4n) is 3.69. The molecule has 0 aliphatic carbocycles. The van der Waals surface area contributed by atoms with Crippen LogP contribution in [-0.4, -0.2) is 56.4 Å². The van der Waals surface area contributed by atoms with Gasteiger partial charge in [-0.2, -0.15) is 4.52 Å². The Morgan fingerprint density at radius 1 is 1.09 bits per heavy atom. The molecule has 0 bridgehead atoms. The van der Waals surface area contributed by atoms with E-state index in [0.29, 0.717) is 41.5 Å². The molecular weight excluding hydrogens is 425 g/mol. The SMILES string of the molecule is CN1CC[C@@H](Nc2nc3ccccc3c3nc(-c4ccc(OC(F)(F)F)cc4)nn23)C1=O.